The van der Waals surface area contributed by atoms with E-state index in [9.17, 15) is 4.79 Å². The van der Waals surface area contributed by atoms with E-state index in [-0.39, 0.29) is 30.9 Å². The van der Waals surface area contributed by atoms with Crippen LogP contribution in [0.2, 0.25) is 0 Å². The lowest BCUT2D eigenvalue weighted by Gasteiger charge is -2.12. The fraction of sp³-hybridized carbons (Fsp3) is 0.889. The van der Waals surface area contributed by atoms with Crippen molar-refractivity contribution in [3.8, 4) is 0 Å². The second-order valence-electron chi connectivity index (χ2n) is 3.11. The van der Waals surface area contributed by atoms with E-state index in [4.69, 9.17) is 9.47 Å². The van der Waals surface area contributed by atoms with E-state index in [1.807, 2.05) is 13.8 Å². The van der Waals surface area contributed by atoms with Crippen molar-refractivity contribution in [3.63, 3.8) is 0 Å². The first-order valence-electron chi connectivity index (χ1n) is 4.55. The molecule has 0 aromatic rings. The summed E-state index contributed by atoms with van der Waals surface area (Å²) in [6.07, 6.45) is 0.798. The Kier molecular flexibility index (Phi) is 3.69. The molecule has 1 saturated heterocycles. The number of rotatable bonds is 3. The molecule has 0 bridgehead atoms. The van der Waals surface area contributed by atoms with E-state index >= 15 is 0 Å². The fourth-order valence-electron chi connectivity index (χ4n) is 1.49. The predicted octanol–water partition coefficient (Wildman–Crippen LogP) is 1.09. The minimum absolute atomic E-state index is 0.0223. The van der Waals surface area contributed by atoms with Gasteiger partial charge in [-0.25, -0.2) is 0 Å². The maximum atomic E-state index is 11.0. The summed E-state index contributed by atoms with van der Waals surface area (Å²) in [6, 6.07) is 0. The normalized spacial score (nSPS) is 33.3. The summed E-state index contributed by atoms with van der Waals surface area (Å²) in [4.78, 5) is 11.0. The lowest BCUT2D eigenvalue weighted by Crippen LogP contribution is -2.25. The Hall–Kier alpha value is -0.610. The van der Waals surface area contributed by atoms with Crippen molar-refractivity contribution in [2.75, 3.05) is 7.11 Å². The van der Waals surface area contributed by atoms with Crippen LogP contribution in [0.4, 0.5) is 0 Å². The summed E-state index contributed by atoms with van der Waals surface area (Å²) in [7, 11) is 1.38. The van der Waals surface area contributed by atoms with Crippen molar-refractivity contribution in [1.29, 1.82) is 0 Å². The molecule has 1 unspecified atom stereocenters. The summed E-state index contributed by atoms with van der Waals surface area (Å²) < 4.78 is 15.4. The standard InChI is InChI=1S/C9H16O4/c1-4-7-8(5-9(10)11-3)13-6(2)12-7/h6-8H,4-5H2,1-3H3/t6?,7-,8+/m1/s1. The van der Waals surface area contributed by atoms with Crippen LogP contribution in [0, 0.1) is 0 Å². The zero-order valence-corrected chi connectivity index (χ0v) is 8.28. The van der Waals surface area contributed by atoms with E-state index in [2.05, 4.69) is 4.74 Å². The molecule has 4 nitrogen and oxygen atoms in total. The maximum Gasteiger partial charge on any atom is 0.308 e. The van der Waals surface area contributed by atoms with Crippen molar-refractivity contribution < 1.29 is 19.0 Å². The van der Waals surface area contributed by atoms with Crippen LogP contribution in [0.5, 0.6) is 0 Å². The highest BCUT2D eigenvalue weighted by atomic mass is 16.7. The lowest BCUT2D eigenvalue weighted by atomic mass is 10.1. The van der Waals surface area contributed by atoms with Gasteiger partial charge in [-0.2, -0.15) is 0 Å². The molecule has 3 atom stereocenters. The minimum Gasteiger partial charge on any atom is -0.469 e. The van der Waals surface area contributed by atoms with Gasteiger partial charge in [0.05, 0.1) is 25.7 Å². The predicted molar refractivity (Wildman–Crippen MR) is 46.1 cm³/mol. The average Bonchev–Trinajstić information content (AvgIpc) is 2.46. The third-order valence-electron chi connectivity index (χ3n) is 2.15. The number of esters is 1. The van der Waals surface area contributed by atoms with Gasteiger partial charge in [0.15, 0.2) is 6.29 Å². The molecular formula is C9H16O4. The number of methoxy groups -OCH3 is 1. The fourth-order valence-corrected chi connectivity index (χ4v) is 1.49. The zero-order valence-electron chi connectivity index (χ0n) is 8.28. The monoisotopic (exact) mass is 188 g/mol. The van der Waals surface area contributed by atoms with Crippen LogP contribution >= 0.6 is 0 Å². The highest BCUT2D eigenvalue weighted by Crippen LogP contribution is 2.23. The molecule has 1 aliphatic heterocycles. The van der Waals surface area contributed by atoms with Crippen LogP contribution < -0.4 is 0 Å². The van der Waals surface area contributed by atoms with Gasteiger partial charge in [0.1, 0.15) is 0 Å². The molecule has 0 aromatic carbocycles. The molecule has 0 radical (unpaired) electrons. The highest BCUT2D eigenvalue weighted by Gasteiger charge is 2.34. The van der Waals surface area contributed by atoms with Gasteiger partial charge in [-0.15, -0.1) is 0 Å². The molecule has 1 fully saturated rings. The molecule has 4 heteroatoms. The van der Waals surface area contributed by atoms with Crippen molar-refractivity contribution in [2.24, 2.45) is 0 Å². The third-order valence-corrected chi connectivity index (χ3v) is 2.15. The zero-order chi connectivity index (χ0) is 9.84. The third kappa shape index (κ3) is 2.67. The molecule has 0 aromatic heterocycles. The van der Waals surface area contributed by atoms with Crippen LogP contribution in [0.25, 0.3) is 0 Å². The van der Waals surface area contributed by atoms with Crippen LogP contribution in [0.3, 0.4) is 0 Å². The Morgan fingerprint density at radius 2 is 2.00 bits per heavy atom. The van der Waals surface area contributed by atoms with E-state index in [1.54, 1.807) is 0 Å². The average molecular weight is 188 g/mol. The number of carbonyl (C=O) groups is 1. The van der Waals surface area contributed by atoms with Gasteiger partial charge in [0, 0.05) is 0 Å². The van der Waals surface area contributed by atoms with Crippen molar-refractivity contribution in [1.82, 2.24) is 0 Å². The quantitative estimate of drug-likeness (QED) is 0.622. The van der Waals surface area contributed by atoms with E-state index < -0.39 is 0 Å². The van der Waals surface area contributed by atoms with Gasteiger partial charge in [-0.3, -0.25) is 4.79 Å². The van der Waals surface area contributed by atoms with E-state index in [0.717, 1.165) is 6.42 Å². The van der Waals surface area contributed by atoms with Crippen molar-refractivity contribution >= 4 is 5.97 Å². The van der Waals surface area contributed by atoms with Gasteiger partial charge >= 0.3 is 5.97 Å². The molecule has 0 spiro atoms. The minimum atomic E-state index is -0.249. The molecule has 1 aliphatic rings. The number of hydrogen-bond donors (Lipinski definition) is 0. The first-order chi connectivity index (χ1) is 6.17. The molecule has 1 rings (SSSR count). The highest BCUT2D eigenvalue weighted by molar-refractivity contribution is 5.69. The first kappa shape index (κ1) is 10.5. The Labute approximate surface area is 78.2 Å². The van der Waals surface area contributed by atoms with Crippen LogP contribution in [0.1, 0.15) is 26.7 Å². The molecular weight excluding hydrogens is 172 g/mol. The summed E-state index contributed by atoms with van der Waals surface area (Å²) in [5.74, 6) is -0.249. The summed E-state index contributed by atoms with van der Waals surface area (Å²) in [5.41, 5.74) is 0. The van der Waals surface area contributed by atoms with Crippen molar-refractivity contribution in [3.05, 3.63) is 0 Å². The Bertz CT molecular complexity index is 180. The molecule has 1 heterocycles. The molecule has 76 valence electrons. The smallest absolute Gasteiger partial charge is 0.308 e. The van der Waals surface area contributed by atoms with Crippen LogP contribution in [-0.4, -0.2) is 31.6 Å². The second kappa shape index (κ2) is 4.58. The number of carbonyl (C=O) groups excluding carboxylic acids is 1. The van der Waals surface area contributed by atoms with Gasteiger partial charge in [-0.05, 0) is 13.3 Å². The van der Waals surface area contributed by atoms with Crippen LogP contribution in [-0.2, 0) is 19.0 Å². The topological polar surface area (TPSA) is 44.8 Å². The molecule has 0 saturated carbocycles. The number of ether oxygens (including phenoxy) is 3. The molecule has 13 heavy (non-hydrogen) atoms. The molecule has 0 amide bonds. The van der Waals surface area contributed by atoms with Crippen molar-refractivity contribution in [2.45, 2.75) is 45.2 Å². The second-order valence-corrected chi connectivity index (χ2v) is 3.11. The molecule has 0 aliphatic carbocycles. The molecule has 0 N–H and O–H groups in total. The SMILES string of the molecule is CC[C@H]1OC(C)O[C@H]1CC(=O)OC. The number of hydrogen-bond acceptors (Lipinski definition) is 4. The summed E-state index contributed by atoms with van der Waals surface area (Å²) in [5, 5.41) is 0. The first-order valence-corrected chi connectivity index (χ1v) is 4.55. The Morgan fingerprint density at radius 1 is 1.38 bits per heavy atom. The lowest BCUT2D eigenvalue weighted by molar-refractivity contribution is -0.143. The van der Waals surface area contributed by atoms with E-state index in [1.165, 1.54) is 7.11 Å². The maximum absolute atomic E-state index is 11.0. The van der Waals surface area contributed by atoms with Gasteiger partial charge < -0.3 is 14.2 Å². The Balaban J connectivity index is 2.43. The Morgan fingerprint density at radius 3 is 2.54 bits per heavy atom. The van der Waals surface area contributed by atoms with Gasteiger partial charge in [0.2, 0.25) is 0 Å². The van der Waals surface area contributed by atoms with E-state index in [0.29, 0.717) is 0 Å². The largest absolute Gasteiger partial charge is 0.469 e. The summed E-state index contributed by atoms with van der Waals surface area (Å²) in [6.45, 7) is 3.84. The summed E-state index contributed by atoms with van der Waals surface area (Å²) >= 11 is 0. The van der Waals surface area contributed by atoms with Gasteiger partial charge in [0.25, 0.3) is 0 Å². The van der Waals surface area contributed by atoms with Crippen LogP contribution in [0.15, 0.2) is 0 Å². The van der Waals surface area contributed by atoms with Gasteiger partial charge in [-0.1, -0.05) is 6.92 Å².